The first-order valence-corrected chi connectivity index (χ1v) is 7.34. The number of nitro groups is 1. The molecule has 0 aromatic heterocycles. The van der Waals surface area contributed by atoms with Crippen LogP contribution in [0.2, 0.25) is 0 Å². The van der Waals surface area contributed by atoms with Gasteiger partial charge >= 0.3 is 5.69 Å². The fourth-order valence-corrected chi connectivity index (χ4v) is 2.11. The average Bonchev–Trinajstić information content (AvgIpc) is 2.65. The van der Waals surface area contributed by atoms with Gasteiger partial charge in [-0.2, -0.15) is 5.10 Å². The van der Waals surface area contributed by atoms with Gasteiger partial charge in [0.05, 0.1) is 17.7 Å². The molecule has 25 heavy (non-hydrogen) atoms. The highest BCUT2D eigenvalue weighted by molar-refractivity contribution is 6.00. The van der Waals surface area contributed by atoms with Crippen LogP contribution in [0, 0.1) is 10.1 Å². The molecule has 0 bridgehead atoms. The van der Waals surface area contributed by atoms with Crippen LogP contribution < -0.4 is 10.2 Å². The number of nitrogens with zero attached hydrogens (tertiary/aromatic N) is 2. The van der Waals surface area contributed by atoms with Gasteiger partial charge in [-0.15, -0.1) is 0 Å². The Balaban J connectivity index is 2.15. The van der Waals surface area contributed by atoms with E-state index in [4.69, 9.17) is 4.74 Å². The number of amides is 1. The normalized spacial score (nSPS) is 12.4. The lowest BCUT2D eigenvalue weighted by atomic mass is 10.1. The number of aliphatic hydroxyl groups is 1. The molecule has 0 saturated heterocycles. The fourth-order valence-electron chi connectivity index (χ4n) is 2.11. The molecule has 2 rings (SSSR count). The van der Waals surface area contributed by atoms with Crippen molar-refractivity contribution < 1.29 is 19.6 Å². The summed E-state index contributed by atoms with van der Waals surface area (Å²) < 4.78 is 4.94. The van der Waals surface area contributed by atoms with Gasteiger partial charge in [0.15, 0.2) is 11.9 Å². The highest BCUT2D eigenvalue weighted by Gasteiger charge is 2.18. The quantitative estimate of drug-likeness (QED) is 0.474. The molecule has 0 saturated carbocycles. The van der Waals surface area contributed by atoms with Crippen LogP contribution in [-0.2, 0) is 4.79 Å². The second-order valence-electron chi connectivity index (χ2n) is 5.13. The molecule has 0 heterocycles. The lowest BCUT2D eigenvalue weighted by Crippen LogP contribution is -2.26. The molecule has 0 spiro atoms. The molecule has 0 radical (unpaired) electrons. The summed E-state index contributed by atoms with van der Waals surface area (Å²) in [6.45, 7) is 1.58. The third-order valence-electron chi connectivity index (χ3n) is 3.49. The molecule has 0 unspecified atom stereocenters. The van der Waals surface area contributed by atoms with Crippen molar-refractivity contribution >= 4 is 17.3 Å². The molecule has 2 aromatic rings. The Morgan fingerprint density at radius 2 is 1.96 bits per heavy atom. The predicted molar refractivity (Wildman–Crippen MR) is 91.4 cm³/mol. The third kappa shape index (κ3) is 4.39. The van der Waals surface area contributed by atoms with E-state index < -0.39 is 16.9 Å². The Kier molecular flexibility index (Phi) is 5.80. The molecule has 0 fully saturated rings. The number of ether oxygens (including phenoxy) is 1. The smallest absolute Gasteiger partial charge is 0.311 e. The molecule has 0 aliphatic carbocycles. The Bertz CT molecular complexity index is 805. The SMILES string of the molecule is COc1ccc(C(C)=NNC(=O)[C@H](O)c2ccccc2)cc1[N+](=O)[O-]. The zero-order valence-corrected chi connectivity index (χ0v) is 13.7. The predicted octanol–water partition coefficient (Wildman–Crippen LogP) is 2.18. The summed E-state index contributed by atoms with van der Waals surface area (Å²) in [4.78, 5) is 22.4. The fraction of sp³-hybridized carbons (Fsp3) is 0.176. The van der Waals surface area contributed by atoms with E-state index in [9.17, 15) is 20.0 Å². The maximum atomic E-state index is 12.0. The van der Waals surface area contributed by atoms with Crippen molar-refractivity contribution in [3.05, 3.63) is 69.8 Å². The number of hydrogen-bond acceptors (Lipinski definition) is 6. The maximum absolute atomic E-state index is 12.0. The molecule has 2 aromatic carbocycles. The van der Waals surface area contributed by atoms with Crippen molar-refractivity contribution in [3.8, 4) is 5.75 Å². The van der Waals surface area contributed by atoms with E-state index >= 15 is 0 Å². The van der Waals surface area contributed by atoms with Crippen LogP contribution in [-0.4, -0.2) is 28.8 Å². The van der Waals surface area contributed by atoms with Gasteiger partial charge in [0.1, 0.15) is 0 Å². The van der Waals surface area contributed by atoms with Crippen molar-refractivity contribution in [2.75, 3.05) is 7.11 Å². The van der Waals surface area contributed by atoms with Crippen LogP contribution >= 0.6 is 0 Å². The van der Waals surface area contributed by atoms with E-state index in [2.05, 4.69) is 10.5 Å². The van der Waals surface area contributed by atoms with Crippen LogP contribution in [0.25, 0.3) is 0 Å². The molecule has 2 N–H and O–H groups in total. The van der Waals surface area contributed by atoms with Gasteiger partial charge in [0.25, 0.3) is 5.91 Å². The summed E-state index contributed by atoms with van der Waals surface area (Å²) >= 11 is 0. The second kappa shape index (κ2) is 8.02. The second-order valence-corrected chi connectivity index (χ2v) is 5.13. The summed E-state index contributed by atoms with van der Waals surface area (Å²) in [5, 5.41) is 24.9. The van der Waals surface area contributed by atoms with Crippen LogP contribution in [0.1, 0.15) is 24.2 Å². The highest BCUT2D eigenvalue weighted by Crippen LogP contribution is 2.27. The lowest BCUT2D eigenvalue weighted by Gasteiger charge is -2.10. The van der Waals surface area contributed by atoms with Gasteiger partial charge in [-0.05, 0) is 24.6 Å². The van der Waals surface area contributed by atoms with Gasteiger partial charge in [0, 0.05) is 11.6 Å². The number of carbonyl (C=O) groups is 1. The summed E-state index contributed by atoms with van der Waals surface area (Å²) in [5.41, 5.74) is 3.28. The molecular formula is C17H17N3O5. The molecule has 1 amide bonds. The Hall–Kier alpha value is -3.26. The number of hydrazone groups is 1. The number of nitro benzene ring substituents is 1. The molecule has 0 aliphatic rings. The first kappa shape index (κ1) is 18.1. The van der Waals surface area contributed by atoms with E-state index in [0.29, 0.717) is 16.8 Å². The van der Waals surface area contributed by atoms with Gasteiger partial charge in [-0.25, -0.2) is 5.43 Å². The highest BCUT2D eigenvalue weighted by atomic mass is 16.6. The zero-order valence-electron chi connectivity index (χ0n) is 13.7. The number of aliphatic hydroxyl groups excluding tert-OH is 1. The van der Waals surface area contributed by atoms with Gasteiger partial charge in [-0.1, -0.05) is 30.3 Å². The van der Waals surface area contributed by atoms with Gasteiger partial charge in [-0.3, -0.25) is 14.9 Å². The number of hydrogen-bond donors (Lipinski definition) is 2. The summed E-state index contributed by atoms with van der Waals surface area (Å²) in [5.74, 6) is -0.571. The van der Waals surface area contributed by atoms with E-state index in [0.717, 1.165) is 0 Å². The van der Waals surface area contributed by atoms with Crippen LogP contribution in [0.4, 0.5) is 5.69 Å². The number of benzene rings is 2. The van der Waals surface area contributed by atoms with E-state index in [-0.39, 0.29) is 11.4 Å². The van der Waals surface area contributed by atoms with E-state index in [1.54, 1.807) is 43.3 Å². The third-order valence-corrected chi connectivity index (χ3v) is 3.49. The largest absolute Gasteiger partial charge is 0.490 e. The van der Waals surface area contributed by atoms with Crippen molar-refractivity contribution in [1.29, 1.82) is 0 Å². The van der Waals surface area contributed by atoms with Crippen molar-refractivity contribution in [1.82, 2.24) is 5.43 Å². The number of methoxy groups -OCH3 is 1. The molecule has 1 atom stereocenters. The molecule has 8 heteroatoms. The monoisotopic (exact) mass is 343 g/mol. The van der Waals surface area contributed by atoms with Crippen LogP contribution in [0.15, 0.2) is 53.6 Å². The molecular weight excluding hydrogens is 326 g/mol. The minimum atomic E-state index is -1.36. The standard InChI is InChI=1S/C17H17N3O5/c1-11(13-8-9-15(25-2)14(10-13)20(23)24)18-19-17(22)16(21)12-6-4-3-5-7-12/h3-10,16,21H,1-2H3,(H,19,22)/t16-/m1/s1. The summed E-state index contributed by atoms with van der Waals surface area (Å²) in [7, 11) is 1.34. The number of carbonyl (C=O) groups excluding carboxylic acids is 1. The summed E-state index contributed by atoms with van der Waals surface area (Å²) in [6.07, 6.45) is -1.36. The van der Waals surface area contributed by atoms with Crippen LogP contribution in [0.5, 0.6) is 5.75 Å². The molecule has 8 nitrogen and oxygen atoms in total. The van der Waals surface area contributed by atoms with Gasteiger partial charge < -0.3 is 9.84 Å². The Morgan fingerprint density at radius 3 is 2.56 bits per heavy atom. The van der Waals surface area contributed by atoms with E-state index in [1.165, 1.54) is 19.2 Å². The summed E-state index contributed by atoms with van der Waals surface area (Å²) in [6, 6.07) is 12.8. The lowest BCUT2D eigenvalue weighted by molar-refractivity contribution is -0.385. The maximum Gasteiger partial charge on any atom is 0.311 e. The van der Waals surface area contributed by atoms with E-state index in [1.807, 2.05) is 0 Å². The molecule has 0 aliphatic heterocycles. The zero-order chi connectivity index (χ0) is 18.4. The Morgan fingerprint density at radius 1 is 1.28 bits per heavy atom. The average molecular weight is 343 g/mol. The Labute approximate surface area is 143 Å². The number of rotatable bonds is 6. The van der Waals surface area contributed by atoms with Crippen molar-refractivity contribution in [2.24, 2.45) is 5.10 Å². The van der Waals surface area contributed by atoms with Gasteiger partial charge in [0.2, 0.25) is 0 Å². The minimum Gasteiger partial charge on any atom is -0.490 e. The molecule has 130 valence electrons. The number of nitrogens with one attached hydrogen (secondary N) is 1. The topological polar surface area (TPSA) is 114 Å². The first-order chi connectivity index (χ1) is 11.9. The first-order valence-electron chi connectivity index (χ1n) is 7.34. The van der Waals surface area contributed by atoms with Crippen LogP contribution in [0.3, 0.4) is 0 Å². The van der Waals surface area contributed by atoms with Crippen molar-refractivity contribution in [3.63, 3.8) is 0 Å². The van der Waals surface area contributed by atoms with Crippen molar-refractivity contribution in [2.45, 2.75) is 13.0 Å². The minimum absolute atomic E-state index is 0.130.